The van der Waals surface area contributed by atoms with Gasteiger partial charge in [-0.05, 0) is 42.5 Å². The highest BCUT2D eigenvalue weighted by atomic mass is 127. The van der Waals surface area contributed by atoms with Gasteiger partial charge in [-0.1, -0.05) is 38.1 Å². The minimum atomic E-state index is 0. The second-order valence-electron chi connectivity index (χ2n) is 8.06. The Hall–Kier alpha value is -1.87. The predicted molar refractivity (Wildman–Crippen MR) is 138 cm³/mol. The quantitative estimate of drug-likeness (QED) is 0.231. The largest absolute Gasteiger partial charge is 0.491 e. The highest BCUT2D eigenvalue weighted by Crippen LogP contribution is 2.25. The van der Waals surface area contributed by atoms with Gasteiger partial charge in [0.1, 0.15) is 12.4 Å². The molecule has 0 unspecified atom stereocenters. The number of hydrogen-bond acceptors (Lipinski definition) is 4. The first-order valence-electron chi connectivity index (χ1n) is 11.0. The Kier molecular flexibility index (Phi) is 11.1. The molecule has 6 nitrogen and oxygen atoms in total. The molecule has 0 amide bonds. The SMILES string of the molecule is CN=C(NCCOc1ccccc1C(C)C)NC1CCN(Cc2ccccn2)CC1.I. The van der Waals surface area contributed by atoms with Gasteiger partial charge in [-0.25, -0.2) is 0 Å². The Balaban J connectivity index is 0.00000341. The number of piperidine rings is 1. The smallest absolute Gasteiger partial charge is 0.191 e. The van der Waals surface area contributed by atoms with Crippen molar-refractivity contribution in [1.29, 1.82) is 0 Å². The molecule has 1 saturated heterocycles. The van der Waals surface area contributed by atoms with Crippen molar-refractivity contribution in [3.63, 3.8) is 0 Å². The third-order valence-electron chi connectivity index (χ3n) is 5.46. The number of ether oxygens (including phenoxy) is 1. The van der Waals surface area contributed by atoms with Crippen LogP contribution in [-0.2, 0) is 6.54 Å². The molecule has 0 radical (unpaired) electrons. The van der Waals surface area contributed by atoms with E-state index in [1.165, 1.54) is 5.56 Å². The van der Waals surface area contributed by atoms with Crippen LogP contribution in [0.3, 0.4) is 0 Å². The van der Waals surface area contributed by atoms with Crippen molar-refractivity contribution >= 4 is 29.9 Å². The van der Waals surface area contributed by atoms with Crippen LogP contribution in [0.4, 0.5) is 0 Å². The molecular formula is C24H36IN5O. The van der Waals surface area contributed by atoms with Crippen LogP contribution < -0.4 is 15.4 Å². The maximum absolute atomic E-state index is 6.00. The molecule has 1 aliphatic heterocycles. The van der Waals surface area contributed by atoms with E-state index in [2.05, 4.69) is 63.6 Å². The minimum absolute atomic E-state index is 0. The van der Waals surface area contributed by atoms with E-state index in [-0.39, 0.29) is 24.0 Å². The fourth-order valence-corrected chi connectivity index (χ4v) is 3.76. The Labute approximate surface area is 203 Å². The number of nitrogens with zero attached hydrogens (tertiary/aromatic N) is 3. The van der Waals surface area contributed by atoms with E-state index in [1.54, 1.807) is 0 Å². The third-order valence-corrected chi connectivity index (χ3v) is 5.46. The summed E-state index contributed by atoms with van der Waals surface area (Å²) in [5, 5.41) is 6.94. The van der Waals surface area contributed by atoms with Gasteiger partial charge in [0.15, 0.2) is 5.96 Å². The first kappa shape index (κ1) is 25.4. The Morgan fingerprint density at radius 1 is 1.16 bits per heavy atom. The number of para-hydroxylation sites is 1. The van der Waals surface area contributed by atoms with Crippen LogP contribution >= 0.6 is 24.0 Å². The van der Waals surface area contributed by atoms with E-state index in [1.807, 2.05) is 31.4 Å². The monoisotopic (exact) mass is 537 g/mol. The number of rotatable bonds is 8. The van der Waals surface area contributed by atoms with Crippen LogP contribution in [0.2, 0.25) is 0 Å². The van der Waals surface area contributed by atoms with Gasteiger partial charge in [-0.3, -0.25) is 14.9 Å². The van der Waals surface area contributed by atoms with Crippen molar-refractivity contribution in [3.8, 4) is 5.75 Å². The van der Waals surface area contributed by atoms with E-state index < -0.39 is 0 Å². The van der Waals surface area contributed by atoms with Gasteiger partial charge in [0.05, 0.1) is 12.2 Å². The number of likely N-dealkylation sites (tertiary alicyclic amines) is 1. The molecule has 2 heterocycles. The van der Waals surface area contributed by atoms with E-state index in [0.717, 1.165) is 49.9 Å². The molecule has 1 aliphatic rings. The number of halogens is 1. The summed E-state index contributed by atoms with van der Waals surface area (Å²) < 4.78 is 6.00. The Morgan fingerprint density at radius 3 is 2.58 bits per heavy atom. The third kappa shape index (κ3) is 8.29. The van der Waals surface area contributed by atoms with Gasteiger partial charge >= 0.3 is 0 Å². The first-order valence-corrected chi connectivity index (χ1v) is 11.0. The summed E-state index contributed by atoms with van der Waals surface area (Å²) in [7, 11) is 1.82. The summed E-state index contributed by atoms with van der Waals surface area (Å²) in [4.78, 5) is 11.3. The molecular weight excluding hydrogens is 501 g/mol. The summed E-state index contributed by atoms with van der Waals surface area (Å²) in [6.45, 7) is 8.76. The van der Waals surface area contributed by atoms with Crippen molar-refractivity contribution in [2.45, 2.75) is 45.2 Å². The zero-order valence-corrected chi connectivity index (χ0v) is 21.2. The van der Waals surface area contributed by atoms with E-state index >= 15 is 0 Å². The highest BCUT2D eigenvalue weighted by molar-refractivity contribution is 14.0. The highest BCUT2D eigenvalue weighted by Gasteiger charge is 2.20. The lowest BCUT2D eigenvalue weighted by Crippen LogP contribution is -2.49. The molecule has 1 aromatic carbocycles. The number of benzene rings is 1. The molecule has 3 rings (SSSR count). The lowest BCUT2D eigenvalue weighted by Gasteiger charge is -2.32. The fraction of sp³-hybridized carbons (Fsp3) is 0.500. The average Bonchev–Trinajstić information content (AvgIpc) is 2.78. The van der Waals surface area contributed by atoms with Crippen molar-refractivity contribution in [2.75, 3.05) is 33.3 Å². The predicted octanol–water partition coefficient (Wildman–Crippen LogP) is 4.03. The van der Waals surface area contributed by atoms with E-state index in [4.69, 9.17) is 4.74 Å². The van der Waals surface area contributed by atoms with E-state index in [0.29, 0.717) is 25.1 Å². The summed E-state index contributed by atoms with van der Waals surface area (Å²) in [5.41, 5.74) is 2.39. The molecule has 1 aromatic heterocycles. The lowest BCUT2D eigenvalue weighted by molar-refractivity contribution is 0.196. The molecule has 170 valence electrons. The maximum Gasteiger partial charge on any atom is 0.191 e. The molecule has 31 heavy (non-hydrogen) atoms. The van der Waals surface area contributed by atoms with Gasteiger partial charge in [0.2, 0.25) is 0 Å². The Bertz CT molecular complexity index is 792. The normalized spacial score (nSPS) is 15.4. The van der Waals surface area contributed by atoms with Gasteiger partial charge < -0.3 is 15.4 Å². The average molecular weight is 537 g/mol. The Morgan fingerprint density at radius 2 is 1.90 bits per heavy atom. The molecule has 0 spiro atoms. The van der Waals surface area contributed by atoms with Crippen molar-refractivity contribution < 1.29 is 4.74 Å². The van der Waals surface area contributed by atoms with E-state index in [9.17, 15) is 0 Å². The van der Waals surface area contributed by atoms with Gasteiger partial charge in [0, 0.05) is 38.9 Å². The molecule has 7 heteroatoms. The first-order chi connectivity index (χ1) is 14.7. The van der Waals surface area contributed by atoms with Crippen LogP contribution in [0.15, 0.2) is 53.7 Å². The molecule has 2 N–H and O–H groups in total. The van der Waals surface area contributed by atoms with Gasteiger partial charge in [0.25, 0.3) is 0 Å². The van der Waals surface area contributed by atoms with Crippen LogP contribution in [0.25, 0.3) is 0 Å². The maximum atomic E-state index is 6.00. The zero-order valence-electron chi connectivity index (χ0n) is 18.9. The van der Waals surface area contributed by atoms with Gasteiger partial charge in [-0.15, -0.1) is 24.0 Å². The minimum Gasteiger partial charge on any atom is -0.491 e. The van der Waals surface area contributed by atoms with Crippen LogP contribution in [-0.4, -0.2) is 55.2 Å². The van der Waals surface area contributed by atoms with Crippen molar-refractivity contribution in [3.05, 3.63) is 59.9 Å². The van der Waals surface area contributed by atoms with Crippen LogP contribution in [0.1, 0.15) is 43.9 Å². The van der Waals surface area contributed by atoms with Crippen molar-refractivity contribution in [2.24, 2.45) is 4.99 Å². The topological polar surface area (TPSA) is 61.8 Å². The molecule has 1 fully saturated rings. The summed E-state index contributed by atoms with van der Waals surface area (Å²) in [5.74, 6) is 2.27. The number of guanidine groups is 1. The molecule has 2 aromatic rings. The number of aromatic nitrogens is 1. The number of hydrogen-bond donors (Lipinski definition) is 2. The summed E-state index contributed by atoms with van der Waals surface area (Å²) >= 11 is 0. The standard InChI is InChI=1S/C24H35N5O.HI/c1-19(2)22-9-4-5-10-23(22)30-17-14-27-24(25-3)28-20-11-15-29(16-12-20)18-21-8-6-7-13-26-21;/h4-10,13,19-20H,11-12,14-18H2,1-3H3,(H2,25,27,28);1H. The lowest BCUT2D eigenvalue weighted by atomic mass is 10.0. The number of nitrogens with one attached hydrogen (secondary N) is 2. The van der Waals surface area contributed by atoms with Crippen LogP contribution in [0, 0.1) is 0 Å². The number of aliphatic imine (C=N–C) groups is 1. The molecule has 0 atom stereocenters. The second-order valence-corrected chi connectivity index (χ2v) is 8.06. The summed E-state index contributed by atoms with van der Waals surface area (Å²) in [6.07, 6.45) is 4.07. The van der Waals surface area contributed by atoms with Crippen molar-refractivity contribution in [1.82, 2.24) is 20.5 Å². The number of pyridine rings is 1. The molecule has 0 aliphatic carbocycles. The fourth-order valence-electron chi connectivity index (χ4n) is 3.76. The zero-order chi connectivity index (χ0) is 21.2. The summed E-state index contributed by atoms with van der Waals surface area (Å²) in [6, 6.07) is 14.8. The molecule has 0 saturated carbocycles. The molecule has 0 bridgehead atoms. The van der Waals surface area contributed by atoms with Crippen LogP contribution in [0.5, 0.6) is 5.75 Å². The van der Waals surface area contributed by atoms with Gasteiger partial charge in [-0.2, -0.15) is 0 Å². The second kappa shape index (κ2) is 13.5.